The summed E-state index contributed by atoms with van der Waals surface area (Å²) < 4.78 is 5.34. The largest absolute Gasteiger partial charge is 0.495 e. The lowest BCUT2D eigenvalue weighted by Crippen LogP contribution is -2.30. The first-order chi connectivity index (χ1) is 10.00. The molecule has 0 radical (unpaired) electrons. The van der Waals surface area contributed by atoms with E-state index in [1.165, 1.54) is 7.11 Å². The van der Waals surface area contributed by atoms with Gasteiger partial charge in [0.15, 0.2) is 4.87 Å². The zero-order valence-electron chi connectivity index (χ0n) is 10.9. The Labute approximate surface area is 136 Å². The fourth-order valence-electron chi connectivity index (χ4n) is 2.52. The molecule has 0 fully saturated rings. The topological polar surface area (TPSA) is 38.3 Å². The van der Waals surface area contributed by atoms with Crippen LogP contribution in [0, 0.1) is 0 Å². The molecule has 0 saturated carbocycles. The minimum absolute atomic E-state index is 0.363. The van der Waals surface area contributed by atoms with Crippen LogP contribution < -0.4 is 10.1 Å². The molecule has 21 heavy (non-hydrogen) atoms. The van der Waals surface area contributed by atoms with Crippen molar-refractivity contribution < 1.29 is 9.53 Å². The van der Waals surface area contributed by atoms with E-state index in [2.05, 4.69) is 5.32 Å². The number of carbonyl (C=O) groups excluding carboxylic acids is 1. The van der Waals surface area contributed by atoms with Crippen LogP contribution in [0.15, 0.2) is 36.4 Å². The van der Waals surface area contributed by atoms with Crippen LogP contribution in [0.3, 0.4) is 0 Å². The molecule has 1 unspecified atom stereocenters. The molecule has 1 aliphatic heterocycles. The highest BCUT2D eigenvalue weighted by Crippen LogP contribution is 2.53. The van der Waals surface area contributed by atoms with Crippen LogP contribution in [-0.2, 0) is 9.67 Å². The molecule has 0 aliphatic carbocycles. The molecule has 1 aliphatic rings. The Morgan fingerprint density at radius 1 is 1.10 bits per heavy atom. The van der Waals surface area contributed by atoms with Gasteiger partial charge in [-0.05, 0) is 18.2 Å². The summed E-state index contributed by atoms with van der Waals surface area (Å²) in [6.45, 7) is 0. The van der Waals surface area contributed by atoms with Gasteiger partial charge >= 0.3 is 0 Å². The number of ether oxygens (including phenoxy) is 1. The third kappa shape index (κ3) is 2.00. The van der Waals surface area contributed by atoms with Crippen molar-refractivity contribution in [2.75, 3.05) is 12.4 Å². The molecular formula is C15H10Cl3NO2. The molecule has 2 aromatic rings. The van der Waals surface area contributed by atoms with Crippen molar-refractivity contribution in [1.29, 1.82) is 0 Å². The number of anilines is 1. The second-order valence-electron chi connectivity index (χ2n) is 4.60. The van der Waals surface area contributed by atoms with E-state index < -0.39 is 4.87 Å². The van der Waals surface area contributed by atoms with E-state index in [-0.39, 0.29) is 5.91 Å². The summed E-state index contributed by atoms with van der Waals surface area (Å²) in [5.41, 5.74) is 1.54. The third-order valence-electron chi connectivity index (χ3n) is 3.46. The predicted molar refractivity (Wildman–Crippen MR) is 84.7 cm³/mol. The molecule has 0 bridgehead atoms. The summed E-state index contributed by atoms with van der Waals surface area (Å²) in [5, 5.41) is 3.53. The predicted octanol–water partition coefficient (Wildman–Crippen LogP) is 4.44. The van der Waals surface area contributed by atoms with Crippen LogP contribution in [0.25, 0.3) is 0 Å². The average molecular weight is 343 g/mol. The zero-order valence-corrected chi connectivity index (χ0v) is 13.2. The van der Waals surface area contributed by atoms with E-state index >= 15 is 0 Å². The van der Waals surface area contributed by atoms with E-state index in [0.29, 0.717) is 32.6 Å². The van der Waals surface area contributed by atoms with Gasteiger partial charge in [0.1, 0.15) is 5.75 Å². The lowest BCUT2D eigenvalue weighted by Gasteiger charge is -2.23. The quantitative estimate of drug-likeness (QED) is 0.820. The number of nitrogens with one attached hydrogen (secondary N) is 1. The number of alkyl halides is 1. The van der Waals surface area contributed by atoms with Gasteiger partial charge in [-0.1, -0.05) is 53.0 Å². The number of halogens is 3. The number of benzene rings is 2. The first-order valence-electron chi connectivity index (χ1n) is 6.12. The normalized spacial score (nSPS) is 20.1. The lowest BCUT2D eigenvalue weighted by molar-refractivity contribution is -0.117. The molecule has 0 aromatic heterocycles. The number of hydrogen-bond acceptors (Lipinski definition) is 2. The van der Waals surface area contributed by atoms with E-state index in [1.807, 2.05) is 0 Å². The smallest absolute Gasteiger partial charge is 0.255 e. The maximum atomic E-state index is 12.5. The van der Waals surface area contributed by atoms with E-state index in [0.717, 1.165) is 0 Å². The van der Waals surface area contributed by atoms with Crippen molar-refractivity contribution >= 4 is 46.4 Å². The van der Waals surface area contributed by atoms with Crippen molar-refractivity contribution in [3.8, 4) is 5.75 Å². The van der Waals surface area contributed by atoms with Gasteiger partial charge in [0.2, 0.25) is 0 Å². The summed E-state index contributed by atoms with van der Waals surface area (Å²) >= 11 is 19.1. The van der Waals surface area contributed by atoms with E-state index in [4.69, 9.17) is 39.5 Å². The van der Waals surface area contributed by atoms with E-state index in [1.54, 1.807) is 36.4 Å². The Morgan fingerprint density at radius 2 is 1.81 bits per heavy atom. The second-order valence-corrected chi connectivity index (χ2v) is 5.98. The molecule has 2 aromatic carbocycles. The maximum Gasteiger partial charge on any atom is 0.255 e. The van der Waals surface area contributed by atoms with Gasteiger partial charge in [0.05, 0.1) is 23.4 Å². The molecule has 0 saturated heterocycles. The van der Waals surface area contributed by atoms with Crippen LogP contribution in [-0.4, -0.2) is 13.0 Å². The highest BCUT2D eigenvalue weighted by molar-refractivity contribution is 6.44. The molecule has 1 N–H and O–H groups in total. The molecule has 1 heterocycles. The molecular weight excluding hydrogens is 333 g/mol. The van der Waals surface area contributed by atoms with Crippen molar-refractivity contribution in [3.05, 3.63) is 57.6 Å². The Balaban J connectivity index is 2.35. The molecule has 1 amide bonds. The minimum atomic E-state index is -1.47. The number of rotatable bonds is 2. The van der Waals surface area contributed by atoms with E-state index in [9.17, 15) is 4.79 Å². The summed E-state index contributed by atoms with van der Waals surface area (Å²) in [5.74, 6) is -0.0183. The molecule has 6 heteroatoms. The first kappa shape index (κ1) is 14.5. The van der Waals surface area contributed by atoms with Gasteiger partial charge in [-0.2, -0.15) is 0 Å². The SMILES string of the molecule is COc1c(Cl)ccc2c1C(Cl)(c1ccccc1Cl)C(=O)N2. The number of fused-ring (bicyclic) bond motifs is 1. The van der Waals surface area contributed by atoms with Crippen molar-refractivity contribution in [3.63, 3.8) is 0 Å². The Morgan fingerprint density at radius 3 is 2.48 bits per heavy atom. The highest BCUT2D eigenvalue weighted by Gasteiger charge is 2.50. The number of hydrogen-bond donors (Lipinski definition) is 1. The summed E-state index contributed by atoms with van der Waals surface area (Å²) in [7, 11) is 1.48. The van der Waals surface area contributed by atoms with Gasteiger partial charge in [-0.25, -0.2) is 0 Å². The van der Waals surface area contributed by atoms with Gasteiger partial charge in [-0.15, -0.1) is 0 Å². The maximum absolute atomic E-state index is 12.5. The Hall–Kier alpha value is -1.42. The molecule has 1 atom stereocenters. The zero-order chi connectivity index (χ0) is 15.2. The minimum Gasteiger partial charge on any atom is -0.495 e. The van der Waals surface area contributed by atoms with Gasteiger partial charge in [0, 0.05) is 10.6 Å². The summed E-state index contributed by atoms with van der Waals surface area (Å²) in [4.78, 5) is 11.0. The van der Waals surface area contributed by atoms with Crippen LogP contribution in [0.5, 0.6) is 5.75 Å². The number of amides is 1. The third-order valence-corrected chi connectivity index (χ3v) is 4.66. The fraction of sp³-hybridized carbons (Fsp3) is 0.133. The van der Waals surface area contributed by atoms with Crippen LogP contribution in [0.4, 0.5) is 5.69 Å². The molecule has 3 nitrogen and oxygen atoms in total. The monoisotopic (exact) mass is 341 g/mol. The van der Waals surface area contributed by atoms with Gasteiger partial charge in [0.25, 0.3) is 5.91 Å². The van der Waals surface area contributed by atoms with Gasteiger partial charge in [-0.3, -0.25) is 4.79 Å². The van der Waals surface area contributed by atoms with Crippen LogP contribution >= 0.6 is 34.8 Å². The second kappa shape index (κ2) is 5.09. The molecule has 0 spiro atoms. The fourth-order valence-corrected chi connectivity index (χ4v) is 3.48. The van der Waals surface area contributed by atoms with Crippen molar-refractivity contribution in [2.45, 2.75) is 4.87 Å². The first-order valence-corrected chi connectivity index (χ1v) is 7.26. The lowest BCUT2D eigenvalue weighted by atomic mass is 9.90. The van der Waals surface area contributed by atoms with Crippen molar-refractivity contribution in [1.82, 2.24) is 0 Å². The van der Waals surface area contributed by atoms with Crippen LogP contribution in [0.2, 0.25) is 10.0 Å². The summed E-state index contributed by atoms with van der Waals surface area (Å²) in [6, 6.07) is 10.3. The Kier molecular flexibility index (Phi) is 3.52. The number of methoxy groups -OCH3 is 1. The molecule has 3 rings (SSSR count). The van der Waals surface area contributed by atoms with Crippen molar-refractivity contribution in [2.24, 2.45) is 0 Å². The molecule has 108 valence electrons. The summed E-state index contributed by atoms with van der Waals surface area (Å²) in [6.07, 6.45) is 0. The standard InChI is InChI=1S/C15H10Cl3NO2/c1-21-13-10(17)6-7-11-12(13)15(18,14(20)19-11)8-4-2-3-5-9(8)16/h2-7H,1H3,(H,19,20). The highest BCUT2D eigenvalue weighted by atomic mass is 35.5. The van der Waals surface area contributed by atoms with Gasteiger partial charge < -0.3 is 10.1 Å². The average Bonchev–Trinajstić information content (AvgIpc) is 2.73. The Bertz CT molecular complexity index is 748. The van der Waals surface area contributed by atoms with Crippen LogP contribution in [0.1, 0.15) is 11.1 Å². The number of carbonyl (C=O) groups is 1.